The lowest BCUT2D eigenvalue weighted by Gasteiger charge is -2.33. The number of carbonyl (C=O) groups excluding carboxylic acids is 1. The van der Waals surface area contributed by atoms with E-state index in [0.717, 1.165) is 36.8 Å². The van der Waals surface area contributed by atoms with Crippen LogP contribution >= 0.6 is 11.6 Å². The minimum Gasteiger partial charge on any atom is -0.497 e. The molecule has 1 saturated heterocycles. The van der Waals surface area contributed by atoms with Crippen molar-refractivity contribution in [2.45, 2.75) is 57.8 Å². The van der Waals surface area contributed by atoms with Gasteiger partial charge in [0, 0.05) is 23.2 Å². The molecular formula is C23H32ClN3O4. The van der Waals surface area contributed by atoms with Crippen molar-refractivity contribution >= 4 is 28.6 Å². The summed E-state index contributed by atoms with van der Waals surface area (Å²) in [6.45, 7) is 7.21. The number of pyridine rings is 1. The van der Waals surface area contributed by atoms with Crippen LogP contribution in [0.1, 0.15) is 51.7 Å². The molecule has 7 nitrogen and oxygen atoms in total. The van der Waals surface area contributed by atoms with Gasteiger partial charge in [-0.3, -0.25) is 4.98 Å². The Bertz CT molecular complexity index is 910. The van der Waals surface area contributed by atoms with Gasteiger partial charge in [0.15, 0.2) is 0 Å². The van der Waals surface area contributed by atoms with Crippen LogP contribution in [-0.4, -0.2) is 48.0 Å². The first-order valence-electron chi connectivity index (χ1n) is 10.7. The van der Waals surface area contributed by atoms with E-state index in [9.17, 15) is 9.90 Å². The van der Waals surface area contributed by atoms with E-state index in [1.165, 1.54) is 0 Å². The van der Waals surface area contributed by atoms with Gasteiger partial charge in [-0.1, -0.05) is 11.6 Å². The van der Waals surface area contributed by atoms with Crippen LogP contribution in [0.5, 0.6) is 5.75 Å². The van der Waals surface area contributed by atoms with E-state index >= 15 is 0 Å². The fourth-order valence-corrected chi connectivity index (χ4v) is 4.32. The van der Waals surface area contributed by atoms with E-state index in [2.05, 4.69) is 15.6 Å². The number of aromatic nitrogens is 1. The highest BCUT2D eigenvalue weighted by molar-refractivity contribution is 6.32. The number of nitrogens with one attached hydrogen (secondary N) is 2. The highest BCUT2D eigenvalue weighted by Crippen LogP contribution is 2.35. The zero-order valence-corrected chi connectivity index (χ0v) is 19.3. The highest BCUT2D eigenvalue weighted by Gasteiger charge is 2.30. The molecule has 8 heteroatoms. The lowest BCUT2D eigenvalue weighted by Crippen LogP contribution is -2.48. The van der Waals surface area contributed by atoms with Crippen LogP contribution in [0, 0.1) is 5.92 Å². The number of nitrogens with zero attached hydrogens (tertiary/aromatic N) is 1. The molecule has 0 aliphatic carbocycles. The number of benzene rings is 1. The number of hydrogen-bond donors (Lipinski definition) is 3. The second kappa shape index (κ2) is 10.0. The summed E-state index contributed by atoms with van der Waals surface area (Å²) in [5.41, 5.74) is 0.708. The molecule has 0 radical (unpaired) electrons. The Balaban J connectivity index is 1.88. The molecule has 2 heterocycles. The molecule has 2 aromatic rings. The Hall–Kier alpha value is -2.09. The third-order valence-electron chi connectivity index (χ3n) is 5.48. The number of alkyl carbamates (subject to hydrolysis) is 1. The number of hydrogen-bond acceptors (Lipinski definition) is 6. The van der Waals surface area contributed by atoms with E-state index < -0.39 is 17.8 Å². The molecule has 31 heavy (non-hydrogen) atoms. The lowest BCUT2D eigenvalue weighted by atomic mass is 9.86. The van der Waals surface area contributed by atoms with Crippen molar-refractivity contribution in [2.24, 2.45) is 5.92 Å². The SMILES string of the molecule is COc1ccc2ncc(Cl)c(C(O)CC(NC(=O)OC(C)(C)C)C3CCCNC3)c2c1. The number of amides is 1. The van der Waals surface area contributed by atoms with Gasteiger partial charge in [-0.05, 0) is 77.2 Å². The van der Waals surface area contributed by atoms with Gasteiger partial charge in [-0.15, -0.1) is 0 Å². The number of piperidine rings is 1. The summed E-state index contributed by atoms with van der Waals surface area (Å²) in [7, 11) is 1.59. The first-order valence-corrected chi connectivity index (χ1v) is 11.1. The topological polar surface area (TPSA) is 92.7 Å². The molecular weight excluding hydrogens is 418 g/mol. The highest BCUT2D eigenvalue weighted by atomic mass is 35.5. The fourth-order valence-electron chi connectivity index (χ4n) is 4.04. The Morgan fingerprint density at radius 2 is 2.19 bits per heavy atom. The summed E-state index contributed by atoms with van der Waals surface area (Å²) in [5, 5.41) is 18.7. The van der Waals surface area contributed by atoms with Crippen LogP contribution in [0.2, 0.25) is 5.02 Å². The number of rotatable bonds is 6. The maximum atomic E-state index is 12.5. The summed E-state index contributed by atoms with van der Waals surface area (Å²) in [5.74, 6) is 0.835. The van der Waals surface area contributed by atoms with E-state index in [1.54, 1.807) is 13.3 Å². The number of methoxy groups -OCH3 is 1. The zero-order valence-electron chi connectivity index (χ0n) is 18.6. The summed E-state index contributed by atoms with van der Waals surface area (Å²) in [4.78, 5) is 16.9. The van der Waals surface area contributed by atoms with Crippen molar-refractivity contribution in [1.29, 1.82) is 0 Å². The van der Waals surface area contributed by atoms with Crippen molar-refractivity contribution in [3.05, 3.63) is 35.0 Å². The quantitative estimate of drug-likeness (QED) is 0.611. The molecule has 0 bridgehead atoms. The van der Waals surface area contributed by atoms with Gasteiger partial charge in [0.05, 0.1) is 23.8 Å². The van der Waals surface area contributed by atoms with Gasteiger partial charge in [0.25, 0.3) is 0 Å². The second-order valence-electron chi connectivity index (χ2n) is 9.01. The van der Waals surface area contributed by atoms with Crippen LogP contribution in [0.15, 0.2) is 24.4 Å². The van der Waals surface area contributed by atoms with Crippen molar-refractivity contribution in [3.63, 3.8) is 0 Å². The molecule has 1 amide bonds. The van der Waals surface area contributed by atoms with E-state index in [-0.39, 0.29) is 12.0 Å². The van der Waals surface area contributed by atoms with Gasteiger partial charge in [-0.25, -0.2) is 4.79 Å². The molecule has 3 rings (SSSR count). The Labute approximate surface area is 188 Å². The molecule has 1 aromatic carbocycles. The van der Waals surface area contributed by atoms with Crippen LogP contribution in [0.4, 0.5) is 4.79 Å². The fraction of sp³-hybridized carbons (Fsp3) is 0.565. The normalized spacial score (nSPS) is 19.0. The van der Waals surface area contributed by atoms with Gasteiger partial charge >= 0.3 is 6.09 Å². The van der Waals surface area contributed by atoms with Crippen LogP contribution in [0.25, 0.3) is 10.9 Å². The third-order valence-corrected chi connectivity index (χ3v) is 5.79. The van der Waals surface area contributed by atoms with E-state index in [1.807, 2.05) is 39.0 Å². The smallest absolute Gasteiger partial charge is 0.407 e. The maximum Gasteiger partial charge on any atom is 0.407 e. The summed E-state index contributed by atoms with van der Waals surface area (Å²) in [6.07, 6.45) is 2.45. The molecule has 170 valence electrons. The van der Waals surface area contributed by atoms with Gasteiger partial charge in [-0.2, -0.15) is 0 Å². The van der Waals surface area contributed by atoms with Crippen molar-refractivity contribution in [2.75, 3.05) is 20.2 Å². The first kappa shape index (κ1) is 23.6. The number of carbonyl (C=O) groups is 1. The Morgan fingerprint density at radius 1 is 1.42 bits per heavy atom. The molecule has 0 saturated carbocycles. The van der Waals surface area contributed by atoms with Crippen molar-refractivity contribution < 1.29 is 19.4 Å². The number of ether oxygens (including phenoxy) is 2. The van der Waals surface area contributed by atoms with Crippen molar-refractivity contribution in [1.82, 2.24) is 15.6 Å². The predicted octanol–water partition coefficient (Wildman–Crippen LogP) is 4.21. The van der Waals surface area contributed by atoms with Gasteiger partial charge < -0.3 is 25.2 Å². The van der Waals surface area contributed by atoms with Gasteiger partial charge in [0.1, 0.15) is 11.4 Å². The number of aliphatic hydroxyl groups excluding tert-OH is 1. The number of aliphatic hydroxyl groups is 1. The third kappa shape index (κ3) is 6.21. The summed E-state index contributed by atoms with van der Waals surface area (Å²) >= 11 is 6.47. The number of fused-ring (bicyclic) bond motifs is 1. The van der Waals surface area contributed by atoms with Crippen LogP contribution in [-0.2, 0) is 4.74 Å². The average molecular weight is 450 g/mol. The van der Waals surface area contributed by atoms with Crippen LogP contribution < -0.4 is 15.4 Å². The van der Waals surface area contributed by atoms with E-state index in [4.69, 9.17) is 21.1 Å². The lowest BCUT2D eigenvalue weighted by molar-refractivity contribution is 0.0445. The standard InChI is InChI=1S/C23H32ClN3O4/c1-23(2,3)31-22(29)27-19(14-6-5-9-25-12-14)11-20(28)21-16-10-15(30-4)7-8-18(16)26-13-17(21)24/h7-8,10,13-14,19-20,25,28H,5-6,9,11-12H2,1-4H3,(H,27,29). The Morgan fingerprint density at radius 3 is 2.84 bits per heavy atom. The maximum absolute atomic E-state index is 12.5. The summed E-state index contributed by atoms with van der Waals surface area (Å²) in [6, 6.07) is 5.20. The Kier molecular flexibility index (Phi) is 7.62. The molecule has 3 unspecified atom stereocenters. The minimum absolute atomic E-state index is 0.178. The molecule has 3 N–H and O–H groups in total. The monoisotopic (exact) mass is 449 g/mol. The van der Waals surface area contributed by atoms with Gasteiger partial charge in [0.2, 0.25) is 0 Å². The minimum atomic E-state index is -0.896. The van der Waals surface area contributed by atoms with Crippen LogP contribution in [0.3, 0.4) is 0 Å². The molecule has 3 atom stereocenters. The van der Waals surface area contributed by atoms with E-state index in [0.29, 0.717) is 22.8 Å². The zero-order chi connectivity index (χ0) is 22.6. The molecule has 1 aliphatic heterocycles. The first-order chi connectivity index (χ1) is 14.7. The van der Waals surface area contributed by atoms with Crippen molar-refractivity contribution in [3.8, 4) is 5.75 Å². The number of halogens is 1. The molecule has 1 fully saturated rings. The molecule has 0 spiro atoms. The second-order valence-corrected chi connectivity index (χ2v) is 9.42. The predicted molar refractivity (Wildman–Crippen MR) is 122 cm³/mol. The average Bonchev–Trinajstić information content (AvgIpc) is 2.71. The summed E-state index contributed by atoms with van der Waals surface area (Å²) < 4.78 is 10.8. The largest absolute Gasteiger partial charge is 0.497 e. The molecule has 1 aliphatic rings. The molecule has 1 aromatic heterocycles.